The van der Waals surface area contributed by atoms with Crippen molar-refractivity contribution in [1.29, 1.82) is 0 Å². The van der Waals surface area contributed by atoms with Crippen LogP contribution in [0.4, 0.5) is 0 Å². The molecule has 1 amide bonds. The Hall–Kier alpha value is -1.67. The molecule has 154 valence electrons. The predicted molar refractivity (Wildman–Crippen MR) is 105 cm³/mol. The van der Waals surface area contributed by atoms with Crippen LogP contribution >= 0.6 is 0 Å². The molecule has 1 N–H and O–H groups in total. The molecule has 1 aromatic rings. The number of pyridine rings is 1. The van der Waals surface area contributed by atoms with Crippen molar-refractivity contribution in [3.63, 3.8) is 0 Å². The molecule has 0 atom stereocenters. The highest BCUT2D eigenvalue weighted by Gasteiger charge is 2.50. The summed E-state index contributed by atoms with van der Waals surface area (Å²) in [5, 5.41) is 3.04. The maximum Gasteiger partial charge on any atom is 0.251 e. The molecule has 4 aliphatic rings. The summed E-state index contributed by atoms with van der Waals surface area (Å²) in [6.07, 6.45) is 8.94. The van der Waals surface area contributed by atoms with Gasteiger partial charge in [-0.2, -0.15) is 0 Å². The van der Waals surface area contributed by atoms with Crippen molar-refractivity contribution < 1.29 is 13.2 Å². The van der Waals surface area contributed by atoms with Crippen molar-refractivity contribution in [2.24, 2.45) is 23.2 Å². The van der Waals surface area contributed by atoms with Crippen LogP contribution in [0.1, 0.15) is 38.5 Å². The first-order valence-electron chi connectivity index (χ1n) is 10.1. The summed E-state index contributed by atoms with van der Waals surface area (Å²) >= 11 is 0. The Kier molecular flexibility index (Phi) is 4.90. The van der Waals surface area contributed by atoms with E-state index >= 15 is 0 Å². The van der Waals surface area contributed by atoms with E-state index < -0.39 is 10.0 Å². The molecule has 0 spiro atoms. The van der Waals surface area contributed by atoms with Gasteiger partial charge >= 0.3 is 0 Å². The maximum absolute atomic E-state index is 12.5. The third-order valence-corrected chi connectivity index (χ3v) is 8.67. The predicted octanol–water partition coefficient (Wildman–Crippen LogP) is 1.43. The van der Waals surface area contributed by atoms with Crippen molar-refractivity contribution in [1.82, 2.24) is 14.2 Å². The van der Waals surface area contributed by atoms with Gasteiger partial charge in [-0.05, 0) is 67.8 Å². The molecular weight excluding hydrogens is 378 g/mol. The second kappa shape index (κ2) is 6.99. The van der Waals surface area contributed by atoms with Crippen LogP contribution in [-0.2, 0) is 21.4 Å². The van der Waals surface area contributed by atoms with E-state index in [1.165, 1.54) is 75.5 Å². The van der Waals surface area contributed by atoms with Crippen LogP contribution in [-0.4, -0.2) is 43.8 Å². The van der Waals surface area contributed by atoms with Gasteiger partial charge in [0, 0.05) is 32.9 Å². The highest BCUT2D eigenvalue weighted by molar-refractivity contribution is 7.89. The first-order chi connectivity index (χ1) is 13.2. The number of carbonyl (C=O) groups is 1. The van der Waals surface area contributed by atoms with Crippen molar-refractivity contribution in [2.45, 2.75) is 50.0 Å². The van der Waals surface area contributed by atoms with Gasteiger partial charge in [-0.25, -0.2) is 12.7 Å². The fraction of sp³-hybridized carbons (Fsp3) is 0.700. The van der Waals surface area contributed by atoms with Gasteiger partial charge in [-0.1, -0.05) is 0 Å². The molecule has 7 nitrogen and oxygen atoms in total. The Labute approximate surface area is 166 Å². The van der Waals surface area contributed by atoms with E-state index in [-0.39, 0.29) is 28.3 Å². The van der Waals surface area contributed by atoms with Gasteiger partial charge in [0.15, 0.2) is 0 Å². The molecule has 0 aliphatic heterocycles. The Bertz CT molecular complexity index is 900. The average molecular weight is 408 g/mol. The first kappa shape index (κ1) is 19.6. The normalized spacial score (nSPS) is 31.3. The Morgan fingerprint density at radius 3 is 2.25 bits per heavy atom. The van der Waals surface area contributed by atoms with E-state index in [9.17, 15) is 18.0 Å². The molecule has 0 saturated heterocycles. The van der Waals surface area contributed by atoms with Gasteiger partial charge in [0.1, 0.15) is 6.54 Å². The minimum absolute atomic E-state index is 0.00554. The van der Waals surface area contributed by atoms with Crippen LogP contribution in [0.25, 0.3) is 0 Å². The zero-order valence-electron chi connectivity index (χ0n) is 16.6. The van der Waals surface area contributed by atoms with Gasteiger partial charge in [0.25, 0.3) is 5.56 Å². The lowest BCUT2D eigenvalue weighted by molar-refractivity contribution is -0.123. The topological polar surface area (TPSA) is 88.5 Å². The quantitative estimate of drug-likeness (QED) is 0.773. The fourth-order valence-electron chi connectivity index (χ4n) is 6.00. The Balaban J connectivity index is 1.43. The van der Waals surface area contributed by atoms with Crippen LogP contribution in [0.2, 0.25) is 0 Å². The lowest BCUT2D eigenvalue weighted by Crippen LogP contribution is -2.51. The molecular formula is C20H29N3O4S. The van der Waals surface area contributed by atoms with E-state index in [1.54, 1.807) is 0 Å². The number of hydrogen-bond donors (Lipinski definition) is 1. The minimum Gasteiger partial charge on any atom is -0.354 e. The van der Waals surface area contributed by atoms with Crippen molar-refractivity contribution in [3.8, 4) is 0 Å². The third-order valence-electron chi connectivity index (χ3n) is 6.87. The number of sulfonamides is 1. The van der Waals surface area contributed by atoms with Crippen molar-refractivity contribution >= 4 is 15.9 Å². The Morgan fingerprint density at radius 1 is 1.14 bits per heavy atom. The average Bonchev–Trinajstić information content (AvgIpc) is 2.60. The van der Waals surface area contributed by atoms with Crippen LogP contribution in [0.5, 0.6) is 0 Å². The largest absolute Gasteiger partial charge is 0.354 e. The van der Waals surface area contributed by atoms with Gasteiger partial charge in [-0.3, -0.25) is 9.59 Å². The van der Waals surface area contributed by atoms with Crippen molar-refractivity contribution in [3.05, 3.63) is 28.7 Å². The first-order valence-corrected chi connectivity index (χ1v) is 11.5. The highest BCUT2D eigenvalue weighted by Crippen LogP contribution is 2.59. The molecule has 5 rings (SSSR count). The molecule has 1 aromatic heterocycles. The Morgan fingerprint density at radius 2 is 1.71 bits per heavy atom. The van der Waals surface area contributed by atoms with Crippen molar-refractivity contribution in [2.75, 3.05) is 20.6 Å². The lowest BCUT2D eigenvalue weighted by atomic mass is 9.49. The highest BCUT2D eigenvalue weighted by atomic mass is 32.2. The zero-order valence-corrected chi connectivity index (χ0v) is 17.4. The summed E-state index contributed by atoms with van der Waals surface area (Å²) < 4.78 is 26.8. The standard InChI is InChI=1S/C20H29N3O4S/c1-22(2)28(26,27)17-3-4-19(25)23(11-17)12-18(24)21-13-20-8-14-5-15(9-20)7-16(6-14)10-20/h3-4,11,14-16H,5-10,12-13H2,1-2H3,(H,21,24). The molecule has 28 heavy (non-hydrogen) atoms. The molecule has 1 heterocycles. The number of nitrogens with zero attached hydrogens (tertiary/aromatic N) is 2. The minimum atomic E-state index is -3.65. The maximum atomic E-state index is 12.5. The molecule has 4 saturated carbocycles. The van der Waals surface area contributed by atoms with E-state index in [0.717, 1.165) is 22.1 Å². The van der Waals surface area contributed by atoms with Crippen LogP contribution in [0.15, 0.2) is 28.0 Å². The van der Waals surface area contributed by atoms with E-state index in [4.69, 9.17) is 0 Å². The van der Waals surface area contributed by atoms with Gasteiger partial charge in [0.2, 0.25) is 15.9 Å². The van der Waals surface area contributed by atoms with E-state index in [0.29, 0.717) is 6.54 Å². The summed E-state index contributed by atoms with van der Waals surface area (Å²) in [5.41, 5.74) is -0.159. The fourth-order valence-corrected chi connectivity index (χ4v) is 6.92. The molecule has 0 radical (unpaired) electrons. The van der Waals surface area contributed by atoms with Gasteiger partial charge in [0.05, 0.1) is 4.90 Å². The number of amides is 1. The monoisotopic (exact) mass is 407 g/mol. The smallest absolute Gasteiger partial charge is 0.251 e. The van der Waals surface area contributed by atoms with E-state index in [1.807, 2.05) is 0 Å². The van der Waals surface area contributed by atoms with Crippen LogP contribution in [0.3, 0.4) is 0 Å². The van der Waals surface area contributed by atoms with Gasteiger partial charge in [-0.15, -0.1) is 0 Å². The molecule has 0 aromatic carbocycles. The molecule has 4 fully saturated rings. The molecule has 4 aliphatic carbocycles. The molecule has 0 unspecified atom stereocenters. The van der Waals surface area contributed by atoms with Crippen LogP contribution in [0, 0.1) is 23.2 Å². The summed E-state index contributed by atoms with van der Waals surface area (Å²) in [6, 6.07) is 2.48. The third kappa shape index (κ3) is 3.64. The zero-order chi connectivity index (χ0) is 20.1. The van der Waals surface area contributed by atoms with Gasteiger partial charge < -0.3 is 9.88 Å². The van der Waals surface area contributed by atoms with Crippen LogP contribution < -0.4 is 10.9 Å². The number of nitrogens with one attached hydrogen (secondary N) is 1. The van der Waals surface area contributed by atoms with E-state index in [2.05, 4.69) is 5.32 Å². The summed E-state index contributed by atoms with van der Waals surface area (Å²) in [5.74, 6) is 2.22. The second-order valence-corrected chi connectivity index (χ2v) is 11.5. The number of hydrogen-bond acceptors (Lipinski definition) is 4. The second-order valence-electron chi connectivity index (χ2n) is 9.31. The summed E-state index contributed by atoms with van der Waals surface area (Å²) in [6.45, 7) is 0.502. The molecule has 8 heteroatoms. The SMILES string of the molecule is CN(C)S(=O)(=O)c1ccc(=O)n(CC(=O)NCC23CC4CC(CC(C4)C2)C3)c1. The molecule has 4 bridgehead atoms. The number of rotatable bonds is 6. The summed E-state index contributed by atoms with van der Waals surface area (Å²) in [4.78, 5) is 24.6. The lowest BCUT2D eigenvalue weighted by Gasteiger charge is -2.56. The summed E-state index contributed by atoms with van der Waals surface area (Å²) in [7, 11) is -0.786. The number of carbonyl (C=O) groups excluding carboxylic acids is 1. The number of aromatic nitrogens is 1.